The zero-order valence-electron chi connectivity index (χ0n) is 28.1. The van der Waals surface area contributed by atoms with Crippen molar-refractivity contribution in [3.63, 3.8) is 0 Å². The van der Waals surface area contributed by atoms with Gasteiger partial charge in [-0.3, -0.25) is 14.6 Å². The number of nitrogens with zero attached hydrogens (tertiary/aromatic N) is 4. The monoisotopic (exact) mass is 702 g/mol. The third-order valence-corrected chi connectivity index (χ3v) is 11.9. The molecule has 2 aliphatic carbocycles. The van der Waals surface area contributed by atoms with Crippen LogP contribution in [-0.4, -0.2) is 68.8 Å². The minimum Gasteiger partial charge on any atom is -0.464 e. The molecule has 0 bridgehead atoms. The lowest BCUT2D eigenvalue weighted by Gasteiger charge is -2.23. The molecule has 2 aromatic heterocycles. The number of likely N-dealkylation sites (N-methyl/N-ethyl adjacent to an activating group) is 2. The first-order valence-electron chi connectivity index (χ1n) is 17.2. The summed E-state index contributed by atoms with van der Waals surface area (Å²) in [6.07, 6.45) is 21.9. The van der Waals surface area contributed by atoms with Gasteiger partial charge in [0.25, 0.3) is 18.0 Å². The number of anilines is 2. The Bertz CT molecular complexity index is 1720. The first kappa shape index (κ1) is 35.0. The summed E-state index contributed by atoms with van der Waals surface area (Å²) in [7, 11) is 3.35. The molecule has 2 fully saturated rings. The highest BCUT2D eigenvalue weighted by Gasteiger charge is 2.39. The zero-order valence-corrected chi connectivity index (χ0v) is 29.7. The lowest BCUT2D eigenvalue weighted by atomic mass is 9.85. The number of fused-ring (bicyclic) bond motifs is 2. The maximum atomic E-state index is 13.5. The first-order valence-corrected chi connectivity index (χ1v) is 18.8. The number of unbranched alkanes of at least 4 members (excludes halogenated alkanes) is 1. The molecule has 0 aromatic carbocycles. The van der Waals surface area contributed by atoms with Crippen LogP contribution in [0.5, 0.6) is 0 Å². The predicted octanol–water partition coefficient (Wildman–Crippen LogP) is 6.13. The fraction of sp³-hybridized carbons (Fsp3) is 0.541. The summed E-state index contributed by atoms with van der Waals surface area (Å²) in [6, 6.07) is 2.41. The smallest absolute Gasteiger partial charge is 0.340 e. The van der Waals surface area contributed by atoms with Crippen LogP contribution >= 0.6 is 22.7 Å². The fourth-order valence-corrected chi connectivity index (χ4v) is 9.17. The predicted molar refractivity (Wildman–Crippen MR) is 192 cm³/mol. The maximum Gasteiger partial charge on any atom is 0.340 e. The van der Waals surface area contributed by atoms with E-state index in [0.29, 0.717) is 18.5 Å². The molecule has 0 N–H and O–H groups in total. The molecule has 10 nitrogen and oxygen atoms in total. The highest BCUT2D eigenvalue weighted by molar-refractivity contribution is 7.15. The average Bonchev–Trinajstić information content (AvgIpc) is 3.73. The van der Waals surface area contributed by atoms with Gasteiger partial charge < -0.3 is 14.5 Å². The summed E-state index contributed by atoms with van der Waals surface area (Å²) in [5, 5.41) is 0. The van der Waals surface area contributed by atoms with Gasteiger partial charge in [0.15, 0.2) is 0 Å². The standard InChI is InChI=1S/C37H42N4O6S2/c1-5-25-21-27-32(48-25)29(23-15-9-7-10-16-23)38-31(35(42)40(27)3)37(44)45-19-13-14-20-46-47-34-36(43)41(4)28-22-26(6-2)49-33(28)30(39-34)24-17-11-8-12-18-24/h1-2,21-24,31,34H,7-20H2,3-4H3. The van der Waals surface area contributed by atoms with Crippen LogP contribution in [0.25, 0.3) is 0 Å². The Hall–Kier alpha value is -3.81. The SMILES string of the molecule is C#Cc1cc2c(s1)C(C1CCCCC1)=NC(OOCCCCOC(=O)C1N=C(C3CCCCC3)c3sc(C#C)cc3N(C)C1=O)C(=O)N2C. The lowest BCUT2D eigenvalue weighted by Crippen LogP contribution is -2.40. The summed E-state index contributed by atoms with van der Waals surface area (Å²) in [4.78, 5) is 67.0. The molecule has 6 rings (SSSR count). The molecule has 0 spiro atoms. The Morgan fingerprint density at radius 3 is 1.86 bits per heavy atom. The van der Waals surface area contributed by atoms with Crippen molar-refractivity contribution in [3.8, 4) is 24.7 Å². The van der Waals surface area contributed by atoms with E-state index in [1.54, 1.807) is 19.0 Å². The summed E-state index contributed by atoms with van der Waals surface area (Å²) >= 11 is 2.92. The van der Waals surface area contributed by atoms with Crippen LogP contribution in [0.1, 0.15) is 96.6 Å². The molecule has 4 aliphatic rings. The Balaban J connectivity index is 1.04. The largest absolute Gasteiger partial charge is 0.464 e. The molecular formula is C37H42N4O6S2. The van der Waals surface area contributed by atoms with Crippen LogP contribution in [0.2, 0.25) is 0 Å². The number of terminal acetylenes is 2. The fourth-order valence-electron chi connectivity index (χ4n) is 7.03. The van der Waals surface area contributed by atoms with Crippen molar-refractivity contribution in [3.05, 3.63) is 31.6 Å². The number of aliphatic imine (C=N–C) groups is 2. The van der Waals surface area contributed by atoms with Gasteiger partial charge in [-0.25, -0.2) is 14.7 Å². The van der Waals surface area contributed by atoms with Crippen molar-refractivity contribution < 1.29 is 28.9 Å². The van der Waals surface area contributed by atoms with Crippen molar-refractivity contribution in [1.29, 1.82) is 0 Å². The molecule has 2 aromatic rings. The number of amides is 2. The zero-order chi connectivity index (χ0) is 34.5. The minimum absolute atomic E-state index is 0.0831. The third kappa shape index (κ3) is 7.53. The van der Waals surface area contributed by atoms with E-state index in [1.165, 1.54) is 40.4 Å². The molecule has 2 amide bonds. The van der Waals surface area contributed by atoms with Crippen molar-refractivity contribution >= 4 is 63.3 Å². The van der Waals surface area contributed by atoms with Gasteiger partial charge in [-0.05, 0) is 50.7 Å². The average molecular weight is 703 g/mol. The number of thiophene rings is 2. The number of carbonyl (C=O) groups is 3. The quantitative estimate of drug-likeness (QED) is 0.0736. The van der Waals surface area contributed by atoms with Gasteiger partial charge in [0, 0.05) is 25.9 Å². The van der Waals surface area contributed by atoms with Crippen molar-refractivity contribution in [2.24, 2.45) is 21.8 Å². The summed E-state index contributed by atoms with van der Waals surface area (Å²) in [5.41, 5.74) is 3.09. The van der Waals surface area contributed by atoms with E-state index in [1.807, 2.05) is 12.1 Å². The molecule has 2 aliphatic heterocycles. The van der Waals surface area contributed by atoms with E-state index in [4.69, 9.17) is 37.3 Å². The molecule has 49 heavy (non-hydrogen) atoms. The second-order valence-corrected chi connectivity index (χ2v) is 15.1. The van der Waals surface area contributed by atoms with Crippen LogP contribution in [0.4, 0.5) is 11.4 Å². The lowest BCUT2D eigenvalue weighted by molar-refractivity contribution is -0.314. The number of esters is 1. The second-order valence-electron chi connectivity index (χ2n) is 13.0. The van der Waals surface area contributed by atoms with E-state index < -0.39 is 24.1 Å². The molecule has 2 unspecified atom stereocenters. The number of hydrogen-bond acceptors (Lipinski definition) is 10. The van der Waals surface area contributed by atoms with Crippen LogP contribution in [0, 0.1) is 36.5 Å². The van der Waals surface area contributed by atoms with E-state index in [9.17, 15) is 14.4 Å². The Kier molecular flexibility index (Phi) is 11.3. The summed E-state index contributed by atoms with van der Waals surface area (Å²) in [6.45, 7) is 0.245. The van der Waals surface area contributed by atoms with Gasteiger partial charge in [-0.2, -0.15) is 4.89 Å². The minimum atomic E-state index is -1.27. The number of hydrogen-bond donors (Lipinski definition) is 0. The van der Waals surface area contributed by atoms with Crippen molar-refractivity contribution in [1.82, 2.24) is 0 Å². The van der Waals surface area contributed by atoms with Crippen LogP contribution in [0.15, 0.2) is 22.1 Å². The topological polar surface area (TPSA) is 110 Å². The highest BCUT2D eigenvalue weighted by Crippen LogP contribution is 2.40. The van der Waals surface area contributed by atoms with Gasteiger partial charge in [0.2, 0.25) is 6.04 Å². The maximum absolute atomic E-state index is 13.5. The van der Waals surface area contributed by atoms with Gasteiger partial charge >= 0.3 is 5.97 Å². The Morgan fingerprint density at radius 1 is 0.796 bits per heavy atom. The summed E-state index contributed by atoms with van der Waals surface area (Å²) in [5.74, 6) is 4.32. The normalized spacial score (nSPS) is 21.9. The van der Waals surface area contributed by atoms with Gasteiger partial charge in [-0.1, -0.05) is 50.4 Å². The number of rotatable bonds is 10. The van der Waals surface area contributed by atoms with E-state index in [-0.39, 0.29) is 31.0 Å². The molecule has 0 radical (unpaired) electrons. The first-order chi connectivity index (χ1) is 23.8. The van der Waals surface area contributed by atoms with Crippen LogP contribution in [0.3, 0.4) is 0 Å². The molecule has 12 heteroatoms. The van der Waals surface area contributed by atoms with Gasteiger partial charge in [0.1, 0.15) is 0 Å². The second kappa shape index (κ2) is 15.8. The third-order valence-electron chi connectivity index (χ3n) is 9.76. The highest BCUT2D eigenvalue weighted by atomic mass is 32.1. The Labute approximate surface area is 295 Å². The van der Waals surface area contributed by atoms with Crippen molar-refractivity contribution in [2.45, 2.75) is 89.3 Å². The number of carbonyl (C=O) groups excluding carboxylic acids is 3. The van der Waals surface area contributed by atoms with E-state index >= 15 is 0 Å². The van der Waals surface area contributed by atoms with Crippen LogP contribution in [-0.2, 0) is 28.9 Å². The molecule has 2 atom stereocenters. The van der Waals surface area contributed by atoms with E-state index in [0.717, 1.165) is 88.0 Å². The van der Waals surface area contributed by atoms with Gasteiger partial charge in [0.05, 0.1) is 55.5 Å². The van der Waals surface area contributed by atoms with Crippen LogP contribution < -0.4 is 9.80 Å². The molecule has 4 heterocycles. The molecule has 258 valence electrons. The number of ether oxygens (including phenoxy) is 1. The van der Waals surface area contributed by atoms with Crippen molar-refractivity contribution in [2.75, 3.05) is 37.1 Å². The van der Waals surface area contributed by atoms with Gasteiger partial charge in [-0.15, -0.1) is 35.5 Å². The summed E-state index contributed by atoms with van der Waals surface area (Å²) < 4.78 is 5.57. The van der Waals surface area contributed by atoms with E-state index in [2.05, 4.69) is 11.8 Å². The molecular weight excluding hydrogens is 661 g/mol. The Morgan fingerprint density at radius 2 is 1.31 bits per heavy atom. The molecule has 2 saturated carbocycles. The molecule has 0 saturated heterocycles.